The zero-order chi connectivity index (χ0) is 12.1. The Bertz CT molecular complexity index is 282. The third-order valence-electron chi connectivity index (χ3n) is 4.44. The quantitative estimate of drug-likeness (QED) is 0.649. The summed E-state index contributed by atoms with van der Waals surface area (Å²) in [6, 6.07) is 0. The smallest absolute Gasteiger partial charge is 0.136 e. The molecule has 0 aliphatic heterocycles. The van der Waals surface area contributed by atoms with Crippen LogP contribution in [0.25, 0.3) is 0 Å². The van der Waals surface area contributed by atoms with Gasteiger partial charge in [-0.3, -0.25) is 4.79 Å². The van der Waals surface area contributed by atoms with Gasteiger partial charge in [0.15, 0.2) is 0 Å². The molecule has 17 heavy (non-hydrogen) atoms. The number of carbonyl (C=O) groups excluding carboxylic acids is 1. The standard InChI is InChI=1S/C16H26O/c1-2-4-13-7-9-14(10-8-13)11-15-5-3-6-16(17)12-15/h11,13-14H,2-10,12H2,1H3. The molecule has 0 aromatic rings. The molecule has 0 N–H and O–H groups in total. The average Bonchev–Trinajstić information content (AvgIpc) is 2.32. The second-order valence-electron chi connectivity index (χ2n) is 5.96. The number of Topliss-reactive ketones (excluding diaryl/α,β-unsaturated/α-hetero) is 1. The van der Waals surface area contributed by atoms with E-state index < -0.39 is 0 Å². The van der Waals surface area contributed by atoms with Crippen LogP contribution in [0, 0.1) is 11.8 Å². The maximum absolute atomic E-state index is 11.4. The van der Waals surface area contributed by atoms with Gasteiger partial charge in [0.25, 0.3) is 0 Å². The van der Waals surface area contributed by atoms with Crippen molar-refractivity contribution in [3.05, 3.63) is 11.6 Å². The summed E-state index contributed by atoms with van der Waals surface area (Å²) in [5.74, 6) is 2.23. The molecule has 2 saturated carbocycles. The van der Waals surface area contributed by atoms with Gasteiger partial charge in [0, 0.05) is 12.8 Å². The predicted molar refractivity (Wildman–Crippen MR) is 71.9 cm³/mol. The number of carbonyl (C=O) groups is 1. The van der Waals surface area contributed by atoms with E-state index in [1.165, 1.54) is 50.5 Å². The molecule has 0 atom stereocenters. The molecule has 0 amide bonds. The number of hydrogen-bond acceptors (Lipinski definition) is 1. The molecule has 0 saturated heterocycles. The molecule has 2 rings (SSSR count). The molecule has 1 nitrogen and oxygen atoms in total. The van der Waals surface area contributed by atoms with Gasteiger partial charge in [0.2, 0.25) is 0 Å². The molecule has 0 bridgehead atoms. The van der Waals surface area contributed by atoms with Crippen LogP contribution in [0.2, 0.25) is 0 Å². The summed E-state index contributed by atoms with van der Waals surface area (Å²) in [4.78, 5) is 11.4. The zero-order valence-corrected chi connectivity index (χ0v) is 11.2. The van der Waals surface area contributed by atoms with Crippen molar-refractivity contribution in [1.82, 2.24) is 0 Å². The van der Waals surface area contributed by atoms with E-state index in [1.54, 1.807) is 0 Å². The second kappa shape index (κ2) is 6.37. The minimum Gasteiger partial charge on any atom is -0.299 e. The molecule has 0 heterocycles. The number of rotatable bonds is 3. The summed E-state index contributed by atoms with van der Waals surface area (Å²) >= 11 is 0. The summed E-state index contributed by atoms with van der Waals surface area (Å²) in [6.45, 7) is 2.29. The Balaban J connectivity index is 1.80. The number of hydrogen-bond donors (Lipinski definition) is 0. The van der Waals surface area contributed by atoms with E-state index >= 15 is 0 Å². The Labute approximate surface area is 106 Å². The molecule has 2 aliphatic carbocycles. The van der Waals surface area contributed by atoms with Gasteiger partial charge in [-0.05, 0) is 50.4 Å². The maximum atomic E-state index is 11.4. The van der Waals surface area contributed by atoms with Gasteiger partial charge in [-0.2, -0.15) is 0 Å². The highest BCUT2D eigenvalue weighted by atomic mass is 16.1. The Kier molecular flexibility index (Phi) is 4.82. The minimum atomic E-state index is 0.460. The topological polar surface area (TPSA) is 17.1 Å². The molecule has 0 aromatic carbocycles. The molecule has 0 radical (unpaired) electrons. The van der Waals surface area contributed by atoms with Crippen molar-refractivity contribution in [3.8, 4) is 0 Å². The summed E-state index contributed by atoms with van der Waals surface area (Å²) in [5, 5.41) is 0. The highest BCUT2D eigenvalue weighted by Gasteiger charge is 2.20. The first-order valence-electron chi connectivity index (χ1n) is 7.49. The van der Waals surface area contributed by atoms with Gasteiger partial charge >= 0.3 is 0 Å². The fourth-order valence-electron chi connectivity index (χ4n) is 3.47. The van der Waals surface area contributed by atoms with Crippen LogP contribution in [0.15, 0.2) is 11.6 Å². The summed E-state index contributed by atoms with van der Waals surface area (Å²) in [6.07, 6.45) is 14.6. The molecule has 1 heteroatoms. The van der Waals surface area contributed by atoms with Gasteiger partial charge in [-0.25, -0.2) is 0 Å². The Morgan fingerprint density at radius 1 is 1.18 bits per heavy atom. The molecule has 0 unspecified atom stereocenters. The highest BCUT2D eigenvalue weighted by Crippen LogP contribution is 2.34. The van der Waals surface area contributed by atoms with Crippen LogP contribution >= 0.6 is 0 Å². The lowest BCUT2D eigenvalue weighted by molar-refractivity contribution is -0.119. The van der Waals surface area contributed by atoms with Crippen molar-refractivity contribution in [1.29, 1.82) is 0 Å². The number of ketones is 1. The SMILES string of the molecule is CCCC1CCC(C=C2CCCC(=O)C2)CC1. The van der Waals surface area contributed by atoms with Crippen LogP contribution in [-0.2, 0) is 4.79 Å². The van der Waals surface area contributed by atoms with Crippen LogP contribution < -0.4 is 0 Å². The summed E-state index contributed by atoms with van der Waals surface area (Å²) in [5.41, 5.74) is 1.44. The maximum Gasteiger partial charge on any atom is 0.136 e. The molecular formula is C16H26O. The lowest BCUT2D eigenvalue weighted by Crippen LogP contribution is -2.14. The third-order valence-corrected chi connectivity index (χ3v) is 4.44. The van der Waals surface area contributed by atoms with Crippen LogP contribution in [0.4, 0.5) is 0 Å². The van der Waals surface area contributed by atoms with E-state index in [2.05, 4.69) is 13.0 Å². The van der Waals surface area contributed by atoms with Crippen LogP contribution in [0.1, 0.15) is 71.1 Å². The van der Waals surface area contributed by atoms with Crippen molar-refractivity contribution in [2.75, 3.05) is 0 Å². The van der Waals surface area contributed by atoms with Crippen LogP contribution in [0.3, 0.4) is 0 Å². The van der Waals surface area contributed by atoms with Crippen molar-refractivity contribution >= 4 is 5.78 Å². The first kappa shape index (κ1) is 12.9. The van der Waals surface area contributed by atoms with Crippen LogP contribution in [-0.4, -0.2) is 5.78 Å². The van der Waals surface area contributed by atoms with E-state index in [-0.39, 0.29) is 0 Å². The third kappa shape index (κ3) is 3.97. The second-order valence-corrected chi connectivity index (χ2v) is 5.96. The molecule has 2 fully saturated rings. The van der Waals surface area contributed by atoms with E-state index in [0.29, 0.717) is 5.78 Å². The van der Waals surface area contributed by atoms with E-state index in [4.69, 9.17) is 0 Å². The lowest BCUT2D eigenvalue weighted by Gasteiger charge is -2.27. The fraction of sp³-hybridized carbons (Fsp3) is 0.812. The monoisotopic (exact) mass is 234 g/mol. The first-order chi connectivity index (χ1) is 8.28. The van der Waals surface area contributed by atoms with Gasteiger partial charge in [0.05, 0.1) is 0 Å². The molecule has 96 valence electrons. The first-order valence-corrected chi connectivity index (χ1v) is 7.49. The van der Waals surface area contributed by atoms with Crippen molar-refractivity contribution in [2.24, 2.45) is 11.8 Å². The van der Waals surface area contributed by atoms with E-state index in [1.807, 2.05) is 0 Å². The van der Waals surface area contributed by atoms with E-state index in [0.717, 1.165) is 31.1 Å². The Morgan fingerprint density at radius 2 is 1.94 bits per heavy atom. The zero-order valence-electron chi connectivity index (χ0n) is 11.2. The van der Waals surface area contributed by atoms with Crippen molar-refractivity contribution < 1.29 is 4.79 Å². The minimum absolute atomic E-state index is 0.460. The molecule has 2 aliphatic rings. The summed E-state index contributed by atoms with van der Waals surface area (Å²) in [7, 11) is 0. The van der Waals surface area contributed by atoms with Gasteiger partial charge in [-0.15, -0.1) is 0 Å². The predicted octanol–water partition coefficient (Wildman–Crippen LogP) is 4.66. The van der Waals surface area contributed by atoms with Gasteiger partial charge < -0.3 is 0 Å². The lowest BCUT2D eigenvalue weighted by atomic mass is 9.78. The largest absolute Gasteiger partial charge is 0.299 e. The Hall–Kier alpha value is -0.590. The highest BCUT2D eigenvalue weighted by molar-refractivity contribution is 5.81. The van der Waals surface area contributed by atoms with Crippen LogP contribution in [0.5, 0.6) is 0 Å². The Morgan fingerprint density at radius 3 is 2.59 bits per heavy atom. The molecule has 0 spiro atoms. The van der Waals surface area contributed by atoms with Gasteiger partial charge in [0.1, 0.15) is 5.78 Å². The van der Waals surface area contributed by atoms with E-state index in [9.17, 15) is 4.79 Å². The molecular weight excluding hydrogens is 208 g/mol. The van der Waals surface area contributed by atoms with Gasteiger partial charge in [-0.1, -0.05) is 31.4 Å². The molecule has 0 aromatic heterocycles. The summed E-state index contributed by atoms with van der Waals surface area (Å²) < 4.78 is 0. The fourth-order valence-corrected chi connectivity index (χ4v) is 3.47. The number of allylic oxidation sites excluding steroid dienone is 2. The van der Waals surface area contributed by atoms with Crippen molar-refractivity contribution in [2.45, 2.75) is 71.1 Å². The van der Waals surface area contributed by atoms with Crippen molar-refractivity contribution in [3.63, 3.8) is 0 Å². The normalized spacial score (nSPS) is 33.0. The average molecular weight is 234 g/mol.